The third-order valence-electron chi connectivity index (χ3n) is 5.09. The maximum atomic E-state index is 13.2. The van der Waals surface area contributed by atoms with Gasteiger partial charge >= 0.3 is 6.18 Å². The molecule has 1 unspecified atom stereocenters. The van der Waals surface area contributed by atoms with E-state index in [-0.39, 0.29) is 24.7 Å². The highest BCUT2D eigenvalue weighted by Crippen LogP contribution is 2.40. The fourth-order valence-corrected chi connectivity index (χ4v) is 3.69. The molecule has 2 aromatic carbocycles. The number of amides is 1. The van der Waals surface area contributed by atoms with Crippen LogP contribution in [0.1, 0.15) is 36.0 Å². The van der Waals surface area contributed by atoms with Gasteiger partial charge in [-0.1, -0.05) is 12.1 Å². The van der Waals surface area contributed by atoms with Crippen molar-refractivity contribution >= 4 is 11.6 Å². The lowest BCUT2D eigenvalue weighted by molar-refractivity contribution is -0.137. The molecular formula is C21H22F3NO3. The Morgan fingerprint density at radius 3 is 2.46 bits per heavy atom. The van der Waals surface area contributed by atoms with Crippen LogP contribution in [0, 0.1) is 5.92 Å². The third kappa shape index (κ3) is 4.30. The fraction of sp³-hybridized carbons (Fsp3) is 0.381. The zero-order chi connectivity index (χ0) is 20.5. The number of alkyl halides is 3. The van der Waals surface area contributed by atoms with Gasteiger partial charge in [0.1, 0.15) is 5.75 Å². The van der Waals surface area contributed by atoms with Crippen LogP contribution in [0.4, 0.5) is 18.9 Å². The molecule has 1 aliphatic rings. The Balaban J connectivity index is 2.05. The van der Waals surface area contributed by atoms with Gasteiger partial charge in [0.25, 0.3) is 0 Å². The van der Waals surface area contributed by atoms with Crippen LogP contribution < -0.4 is 10.1 Å². The molecule has 0 aromatic heterocycles. The van der Waals surface area contributed by atoms with Crippen molar-refractivity contribution in [1.82, 2.24) is 0 Å². The number of rotatable bonds is 4. The van der Waals surface area contributed by atoms with Gasteiger partial charge in [0.05, 0.1) is 18.8 Å². The zero-order valence-corrected chi connectivity index (χ0v) is 15.6. The quantitative estimate of drug-likeness (QED) is 0.811. The minimum atomic E-state index is -4.46. The van der Waals surface area contributed by atoms with Gasteiger partial charge in [-0.3, -0.25) is 4.79 Å². The van der Waals surface area contributed by atoms with Crippen LogP contribution in [0.5, 0.6) is 5.75 Å². The lowest BCUT2D eigenvalue weighted by Gasteiger charge is -2.25. The number of carbonyl (C=O) groups excluding carboxylic acids is 1. The van der Waals surface area contributed by atoms with Crippen molar-refractivity contribution in [1.29, 1.82) is 0 Å². The summed E-state index contributed by atoms with van der Waals surface area (Å²) in [5.41, 5.74) is 0.872. The molecule has 0 radical (unpaired) electrons. The van der Waals surface area contributed by atoms with E-state index in [1.165, 1.54) is 6.07 Å². The van der Waals surface area contributed by atoms with E-state index in [0.717, 1.165) is 17.7 Å². The van der Waals surface area contributed by atoms with Crippen molar-refractivity contribution in [2.75, 3.05) is 12.4 Å². The Kier molecular flexibility index (Phi) is 5.65. The van der Waals surface area contributed by atoms with E-state index in [1.54, 1.807) is 26.2 Å². The molecule has 3 atom stereocenters. The largest absolute Gasteiger partial charge is 0.497 e. The fourth-order valence-electron chi connectivity index (χ4n) is 3.69. The molecule has 0 aliphatic carbocycles. The molecule has 28 heavy (non-hydrogen) atoms. The summed E-state index contributed by atoms with van der Waals surface area (Å²) in [7, 11) is 1.54. The first kappa shape index (κ1) is 20.2. The van der Waals surface area contributed by atoms with E-state index in [1.807, 2.05) is 12.1 Å². The molecule has 2 aromatic rings. The normalized spacial score (nSPS) is 20.7. The monoisotopic (exact) mass is 393 g/mol. The predicted molar refractivity (Wildman–Crippen MR) is 99.3 cm³/mol. The molecule has 150 valence electrons. The van der Waals surface area contributed by atoms with Gasteiger partial charge in [-0.25, -0.2) is 0 Å². The summed E-state index contributed by atoms with van der Waals surface area (Å²) < 4.78 is 44.6. The van der Waals surface area contributed by atoms with Gasteiger partial charge in [-0.2, -0.15) is 13.2 Å². The minimum Gasteiger partial charge on any atom is -0.497 e. The van der Waals surface area contributed by atoms with Crippen LogP contribution in [0.2, 0.25) is 0 Å². The Morgan fingerprint density at radius 2 is 1.89 bits per heavy atom. The number of anilines is 1. The first-order valence-corrected chi connectivity index (χ1v) is 9.02. The molecule has 0 saturated heterocycles. The number of hydrogen-bond acceptors (Lipinski definition) is 3. The van der Waals surface area contributed by atoms with Gasteiger partial charge < -0.3 is 15.2 Å². The molecule has 1 amide bonds. The highest BCUT2D eigenvalue weighted by Gasteiger charge is 2.36. The first-order valence-electron chi connectivity index (χ1n) is 9.02. The number of fused-ring (bicyclic) bond motifs is 1. The van der Waals surface area contributed by atoms with Crippen LogP contribution in [-0.4, -0.2) is 24.2 Å². The number of carbonyl (C=O) groups is 1. The lowest BCUT2D eigenvalue weighted by atomic mass is 9.79. The van der Waals surface area contributed by atoms with Crippen LogP contribution in [-0.2, 0) is 17.4 Å². The van der Waals surface area contributed by atoms with E-state index >= 15 is 0 Å². The first-order chi connectivity index (χ1) is 13.2. The number of methoxy groups -OCH3 is 1. The molecule has 0 bridgehead atoms. The van der Waals surface area contributed by atoms with E-state index in [4.69, 9.17) is 4.74 Å². The summed E-state index contributed by atoms with van der Waals surface area (Å²) in [5.74, 6) is -0.603. The lowest BCUT2D eigenvalue weighted by Crippen LogP contribution is -2.29. The van der Waals surface area contributed by atoms with Gasteiger partial charge in [0.2, 0.25) is 5.91 Å². The van der Waals surface area contributed by atoms with Crippen molar-refractivity contribution < 1.29 is 27.8 Å². The Morgan fingerprint density at radius 1 is 1.21 bits per heavy atom. The second-order valence-corrected chi connectivity index (χ2v) is 7.13. The summed E-state index contributed by atoms with van der Waals surface area (Å²) >= 11 is 0. The van der Waals surface area contributed by atoms with Gasteiger partial charge in [0, 0.05) is 11.6 Å². The number of ether oxygens (including phenoxy) is 1. The Bertz CT molecular complexity index is 847. The summed E-state index contributed by atoms with van der Waals surface area (Å²) in [6, 6.07) is 10.5. The Hall–Kier alpha value is -2.54. The smallest absolute Gasteiger partial charge is 0.416 e. The van der Waals surface area contributed by atoms with Gasteiger partial charge in [-0.15, -0.1) is 0 Å². The van der Waals surface area contributed by atoms with E-state index in [9.17, 15) is 23.1 Å². The van der Waals surface area contributed by atoms with Crippen LogP contribution in [0.25, 0.3) is 0 Å². The number of benzene rings is 2. The van der Waals surface area contributed by atoms with Crippen LogP contribution in [0.15, 0.2) is 42.5 Å². The summed E-state index contributed by atoms with van der Waals surface area (Å²) in [5, 5.41) is 12.6. The molecule has 2 N–H and O–H groups in total. The average Bonchev–Trinajstić information content (AvgIpc) is 2.77. The minimum absolute atomic E-state index is 0.211. The molecule has 0 spiro atoms. The van der Waals surface area contributed by atoms with Crippen molar-refractivity contribution in [3.63, 3.8) is 0 Å². The molecule has 0 fully saturated rings. The van der Waals surface area contributed by atoms with Crippen molar-refractivity contribution in [3.05, 3.63) is 59.2 Å². The zero-order valence-electron chi connectivity index (χ0n) is 15.6. The molecule has 3 rings (SSSR count). The SMILES string of the molecule is COc1ccc([C@H]2Cc3cc(C(F)(F)F)ccc3NC(=O)[C@H]2CC(C)O)cc1. The number of aliphatic hydroxyl groups is 1. The molecular weight excluding hydrogens is 371 g/mol. The van der Waals surface area contributed by atoms with Crippen LogP contribution >= 0.6 is 0 Å². The van der Waals surface area contributed by atoms with Crippen LogP contribution in [0.3, 0.4) is 0 Å². The highest BCUT2D eigenvalue weighted by molar-refractivity contribution is 5.95. The summed E-state index contributed by atoms with van der Waals surface area (Å²) in [4.78, 5) is 12.8. The van der Waals surface area contributed by atoms with E-state index < -0.39 is 23.8 Å². The van der Waals surface area contributed by atoms with Crippen molar-refractivity contribution in [2.45, 2.75) is 38.0 Å². The second-order valence-electron chi connectivity index (χ2n) is 7.13. The Labute approximate surface area is 161 Å². The number of hydrogen-bond donors (Lipinski definition) is 2. The third-order valence-corrected chi connectivity index (χ3v) is 5.09. The number of halogens is 3. The molecule has 1 aliphatic heterocycles. The van der Waals surface area contributed by atoms with E-state index in [0.29, 0.717) is 17.0 Å². The highest BCUT2D eigenvalue weighted by atomic mass is 19.4. The maximum Gasteiger partial charge on any atom is 0.416 e. The summed E-state index contributed by atoms with van der Waals surface area (Å²) in [6.07, 6.45) is -4.71. The average molecular weight is 393 g/mol. The van der Waals surface area contributed by atoms with Crippen molar-refractivity contribution in [2.24, 2.45) is 5.92 Å². The van der Waals surface area contributed by atoms with Crippen molar-refractivity contribution in [3.8, 4) is 5.75 Å². The topological polar surface area (TPSA) is 58.6 Å². The van der Waals surface area contributed by atoms with Gasteiger partial charge in [-0.05, 0) is 67.1 Å². The molecule has 0 saturated carbocycles. The summed E-state index contributed by atoms with van der Waals surface area (Å²) in [6.45, 7) is 1.60. The molecule has 1 heterocycles. The maximum absolute atomic E-state index is 13.2. The molecule has 7 heteroatoms. The second kappa shape index (κ2) is 7.83. The standard InChI is InChI=1S/C21H22F3NO3/c1-12(26)9-18-17(13-3-6-16(28-2)7-4-13)11-14-10-15(21(22,23)24)5-8-19(14)25-20(18)27/h3-8,10,12,17-18,26H,9,11H2,1-2H3,(H,25,27)/t12?,17-,18+/m1/s1. The molecule has 4 nitrogen and oxygen atoms in total. The number of aliphatic hydroxyl groups excluding tert-OH is 1. The predicted octanol–water partition coefficient (Wildman–Crippen LogP) is 4.38. The van der Waals surface area contributed by atoms with E-state index in [2.05, 4.69) is 5.32 Å². The van der Waals surface area contributed by atoms with Gasteiger partial charge in [0.15, 0.2) is 0 Å². The number of nitrogens with one attached hydrogen (secondary N) is 1.